The number of rotatable bonds is 10. The summed E-state index contributed by atoms with van der Waals surface area (Å²) in [5.74, 6) is -2.57. The fourth-order valence-corrected chi connectivity index (χ4v) is 5.11. The van der Waals surface area contributed by atoms with Crippen LogP contribution in [0.2, 0.25) is 0 Å². The molecule has 0 spiro atoms. The average molecular weight is 602 g/mol. The van der Waals surface area contributed by atoms with Crippen molar-refractivity contribution in [2.45, 2.75) is 31.3 Å². The van der Waals surface area contributed by atoms with Crippen LogP contribution in [0, 0.1) is 0 Å². The second-order valence-corrected chi connectivity index (χ2v) is 10.2. The maximum absolute atomic E-state index is 13.2. The summed E-state index contributed by atoms with van der Waals surface area (Å²) in [7, 11) is 0. The molecule has 0 aliphatic carbocycles. The van der Waals surface area contributed by atoms with Crippen molar-refractivity contribution in [3.05, 3.63) is 124 Å². The Balaban J connectivity index is 1.47. The molecule has 0 amide bonds. The molecule has 1 fully saturated rings. The van der Waals surface area contributed by atoms with E-state index in [1.807, 2.05) is 0 Å². The third kappa shape index (κ3) is 7.14. The van der Waals surface area contributed by atoms with Gasteiger partial charge in [0.25, 0.3) is 0 Å². The van der Waals surface area contributed by atoms with Crippen LogP contribution in [0.4, 0.5) is 0 Å². The van der Waals surface area contributed by atoms with E-state index >= 15 is 0 Å². The molecule has 43 heavy (non-hydrogen) atoms. The van der Waals surface area contributed by atoms with Gasteiger partial charge in [-0.05, 0) is 60.9 Å². The molecular weight excluding hydrogens is 574 g/mol. The summed E-state index contributed by atoms with van der Waals surface area (Å²) < 4.78 is 33.0. The minimum Gasteiger partial charge on any atom is -0.462 e. The summed E-state index contributed by atoms with van der Waals surface area (Å²) in [6.45, 7) is 1.53. The molecule has 0 unspecified atom stereocenters. The van der Waals surface area contributed by atoms with Gasteiger partial charge >= 0.3 is 23.9 Å². The molecule has 220 valence electrons. The molecule has 1 aliphatic rings. The van der Waals surface area contributed by atoms with Crippen LogP contribution in [0.25, 0.3) is 0 Å². The third-order valence-electron chi connectivity index (χ3n) is 6.50. The topological polar surface area (TPSA) is 127 Å². The maximum Gasteiger partial charge on any atom is 0.349 e. The molecule has 4 atom stereocenters. The van der Waals surface area contributed by atoms with Crippen molar-refractivity contribution in [2.24, 2.45) is 0 Å². The first-order chi connectivity index (χ1) is 20.9. The largest absolute Gasteiger partial charge is 0.462 e. The lowest BCUT2D eigenvalue weighted by molar-refractivity contribution is -0.0451. The molecule has 1 saturated heterocycles. The predicted octanol–water partition coefficient (Wildman–Crippen LogP) is 5.07. The first-order valence-corrected chi connectivity index (χ1v) is 14.3. The lowest BCUT2D eigenvalue weighted by Crippen LogP contribution is -2.40. The highest BCUT2D eigenvalue weighted by Gasteiger charge is 2.52. The highest BCUT2D eigenvalue weighted by Crippen LogP contribution is 2.39. The normalized spacial score (nSPS) is 19.3. The predicted molar refractivity (Wildman–Crippen MR) is 154 cm³/mol. The van der Waals surface area contributed by atoms with E-state index in [-0.39, 0.29) is 34.9 Å². The molecular formula is C32H27NO9S. The quantitative estimate of drug-likeness (QED) is 0.180. The van der Waals surface area contributed by atoms with Crippen LogP contribution >= 0.6 is 11.5 Å². The van der Waals surface area contributed by atoms with Gasteiger partial charge in [0.05, 0.1) is 29.0 Å². The van der Waals surface area contributed by atoms with Gasteiger partial charge in [0.1, 0.15) is 23.7 Å². The van der Waals surface area contributed by atoms with Gasteiger partial charge in [-0.2, -0.15) is 4.37 Å². The van der Waals surface area contributed by atoms with Crippen LogP contribution in [0.5, 0.6) is 0 Å². The number of esters is 4. The Kier molecular flexibility index (Phi) is 9.55. The molecule has 11 heteroatoms. The van der Waals surface area contributed by atoms with Crippen molar-refractivity contribution in [1.29, 1.82) is 0 Å². The van der Waals surface area contributed by atoms with Crippen molar-refractivity contribution in [3.63, 3.8) is 0 Å². The van der Waals surface area contributed by atoms with E-state index in [0.717, 1.165) is 11.5 Å². The summed E-state index contributed by atoms with van der Waals surface area (Å²) in [6, 6.07) is 26.4. The van der Waals surface area contributed by atoms with E-state index in [2.05, 4.69) is 4.37 Å². The van der Waals surface area contributed by atoms with E-state index in [0.29, 0.717) is 5.56 Å². The lowest BCUT2D eigenvalue weighted by atomic mass is 10.0. The van der Waals surface area contributed by atoms with Gasteiger partial charge in [-0.3, -0.25) is 0 Å². The molecule has 0 radical (unpaired) electrons. The second kappa shape index (κ2) is 13.9. The fraction of sp³-hybridized carbons (Fsp3) is 0.219. The summed E-state index contributed by atoms with van der Waals surface area (Å²) in [5, 5.41) is 0. The van der Waals surface area contributed by atoms with Gasteiger partial charge in [-0.1, -0.05) is 54.6 Å². The molecule has 4 aromatic rings. The van der Waals surface area contributed by atoms with Crippen molar-refractivity contribution in [3.8, 4) is 0 Å². The molecule has 2 heterocycles. The first-order valence-electron chi connectivity index (χ1n) is 13.5. The van der Waals surface area contributed by atoms with Gasteiger partial charge in [0.2, 0.25) is 0 Å². The number of hydrogen-bond donors (Lipinski definition) is 0. The molecule has 0 saturated carbocycles. The van der Waals surface area contributed by atoms with Crippen molar-refractivity contribution in [1.82, 2.24) is 4.37 Å². The number of aromatic nitrogens is 1. The number of carbonyl (C=O) groups excluding carboxylic acids is 4. The second-order valence-electron chi connectivity index (χ2n) is 9.37. The molecule has 3 aromatic carbocycles. The molecule has 10 nitrogen and oxygen atoms in total. The molecule has 1 aromatic heterocycles. The standard InChI is InChI=1S/C32H27NO9S/c1-2-38-32(37)25-18-23(33-43-25)26-28(42-31(36)22-16-10-5-11-17-22)27(41-30(35)21-14-8-4-9-15-21)24(40-26)19-39-29(34)20-12-6-3-7-13-20/h3-18,24,26-28H,2,19H2,1H3/t24-,26+,27-,28+/m1/s1. The molecule has 1 aliphatic heterocycles. The Morgan fingerprint density at radius 2 is 1.21 bits per heavy atom. The molecule has 0 bridgehead atoms. The Morgan fingerprint density at radius 3 is 1.74 bits per heavy atom. The highest BCUT2D eigenvalue weighted by molar-refractivity contribution is 7.08. The van der Waals surface area contributed by atoms with E-state index in [1.54, 1.807) is 97.9 Å². The first kappa shape index (κ1) is 29.6. The average Bonchev–Trinajstić information content (AvgIpc) is 3.66. The fourth-order valence-electron chi connectivity index (χ4n) is 4.44. The summed E-state index contributed by atoms with van der Waals surface area (Å²) in [4.78, 5) is 51.8. The maximum atomic E-state index is 13.2. The minimum absolute atomic E-state index is 0.176. The Labute approximate surface area is 251 Å². The van der Waals surface area contributed by atoms with Crippen LogP contribution in [0.15, 0.2) is 97.1 Å². The minimum atomic E-state index is -1.21. The lowest BCUT2D eigenvalue weighted by Gasteiger charge is -2.24. The summed E-state index contributed by atoms with van der Waals surface area (Å²) in [6.07, 6.45) is -4.53. The van der Waals surface area contributed by atoms with E-state index in [1.165, 1.54) is 6.07 Å². The van der Waals surface area contributed by atoms with Gasteiger partial charge in [-0.25, -0.2) is 19.2 Å². The van der Waals surface area contributed by atoms with Crippen molar-refractivity contribution in [2.75, 3.05) is 13.2 Å². The van der Waals surface area contributed by atoms with Crippen LogP contribution in [0.3, 0.4) is 0 Å². The Morgan fingerprint density at radius 1 is 0.698 bits per heavy atom. The van der Waals surface area contributed by atoms with Gasteiger partial charge in [0, 0.05) is 0 Å². The van der Waals surface area contributed by atoms with E-state index in [9.17, 15) is 19.2 Å². The molecule has 0 N–H and O–H groups in total. The van der Waals surface area contributed by atoms with Crippen molar-refractivity contribution < 1.29 is 42.9 Å². The van der Waals surface area contributed by atoms with Gasteiger partial charge < -0.3 is 23.7 Å². The zero-order valence-corrected chi connectivity index (χ0v) is 23.8. The van der Waals surface area contributed by atoms with Gasteiger partial charge in [0.15, 0.2) is 12.2 Å². The van der Waals surface area contributed by atoms with Crippen LogP contribution < -0.4 is 0 Å². The zero-order chi connectivity index (χ0) is 30.2. The third-order valence-corrected chi connectivity index (χ3v) is 7.28. The van der Waals surface area contributed by atoms with E-state index < -0.39 is 48.3 Å². The summed E-state index contributed by atoms with van der Waals surface area (Å²) >= 11 is 0.892. The van der Waals surface area contributed by atoms with Crippen LogP contribution in [-0.2, 0) is 23.7 Å². The molecule has 5 rings (SSSR count). The monoisotopic (exact) mass is 601 g/mol. The number of benzene rings is 3. The number of carbonyl (C=O) groups is 4. The highest BCUT2D eigenvalue weighted by atomic mass is 32.1. The van der Waals surface area contributed by atoms with Crippen molar-refractivity contribution >= 4 is 35.4 Å². The van der Waals surface area contributed by atoms with Crippen LogP contribution in [0.1, 0.15) is 59.5 Å². The Bertz CT molecular complexity index is 1560. The van der Waals surface area contributed by atoms with Gasteiger partial charge in [-0.15, -0.1) is 0 Å². The smallest absolute Gasteiger partial charge is 0.349 e. The Hall–Kier alpha value is -4.87. The number of nitrogens with zero attached hydrogens (tertiary/aromatic N) is 1. The summed E-state index contributed by atoms with van der Waals surface area (Å²) in [5.41, 5.74) is 1.10. The SMILES string of the molecule is CCOC(=O)c1cc([C@@H]2O[C@H](COC(=O)c3ccccc3)[C@@H](OC(=O)c3ccccc3)[C@H]2OC(=O)c2ccccc2)ns1. The van der Waals surface area contributed by atoms with E-state index in [4.69, 9.17) is 23.7 Å². The van der Waals surface area contributed by atoms with Crippen LogP contribution in [-0.4, -0.2) is 59.8 Å². The number of hydrogen-bond acceptors (Lipinski definition) is 11. The zero-order valence-electron chi connectivity index (χ0n) is 23.0. The number of ether oxygens (including phenoxy) is 5.